The molecule has 4 heteroatoms. The van der Waals surface area contributed by atoms with Gasteiger partial charge in [-0.25, -0.2) is 0 Å². The van der Waals surface area contributed by atoms with E-state index in [0.717, 1.165) is 19.8 Å². The summed E-state index contributed by atoms with van der Waals surface area (Å²) in [6, 6.07) is 0. The molecular weight excluding hydrogens is 276 g/mol. The van der Waals surface area contributed by atoms with Crippen LogP contribution in [0.5, 0.6) is 0 Å². The van der Waals surface area contributed by atoms with Gasteiger partial charge in [0, 0.05) is 26.1 Å². The molecule has 3 aliphatic heterocycles. The highest BCUT2D eigenvalue weighted by atomic mass is 16.5. The topological polar surface area (TPSA) is 39.5 Å². The van der Waals surface area contributed by atoms with Crippen molar-refractivity contribution in [1.29, 1.82) is 0 Å². The lowest BCUT2D eigenvalue weighted by molar-refractivity contribution is -0.897. The average molecular weight is 312 g/mol. The molecule has 3 saturated heterocycles. The van der Waals surface area contributed by atoms with Crippen LogP contribution in [0, 0.1) is 5.41 Å². The Labute approximate surface area is 135 Å². The number of hydrogen-bond acceptors (Lipinski definition) is 2. The van der Waals surface area contributed by atoms with Crippen molar-refractivity contribution in [2.75, 3.05) is 45.9 Å². The van der Waals surface area contributed by atoms with Crippen LogP contribution in [0.3, 0.4) is 0 Å². The summed E-state index contributed by atoms with van der Waals surface area (Å²) in [4.78, 5) is 1.84. The van der Waals surface area contributed by atoms with E-state index in [1.54, 1.807) is 0 Å². The first-order chi connectivity index (χ1) is 10.6. The largest absolute Gasteiger partial charge is 0.376 e. The normalized spacial score (nSPS) is 36.0. The number of rotatable bonds is 6. The molecule has 0 aromatic heterocycles. The van der Waals surface area contributed by atoms with Crippen LogP contribution in [-0.2, 0) is 9.47 Å². The first-order valence-corrected chi connectivity index (χ1v) is 9.48. The Kier molecular flexibility index (Phi) is 5.43. The fourth-order valence-electron chi connectivity index (χ4n) is 4.97. The maximum absolute atomic E-state index is 6.02. The summed E-state index contributed by atoms with van der Waals surface area (Å²) >= 11 is 0. The molecule has 0 amide bonds. The van der Waals surface area contributed by atoms with Gasteiger partial charge in [-0.05, 0) is 39.5 Å². The first kappa shape index (κ1) is 16.7. The van der Waals surface area contributed by atoms with E-state index in [0.29, 0.717) is 11.5 Å². The molecule has 3 heterocycles. The molecule has 3 fully saturated rings. The van der Waals surface area contributed by atoms with Gasteiger partial charge in [0.25, 0.3) is 0 Å². The Bertz CT molecular complexity index is 349. The van der Waals surface area contributed by atoms with E-state index in [-0.39, 0.29) is 5.60 Å². The van der Waals surface area contributed by atoms with Crippen molar-refractivity contribution in [2.24, 2.45) is 5.41 Å². The van der Waals surface area contributed by atoms with Crippen LogP contribution in [0.4, 0.5) is 0 Å². The van der Waals surface area contributed by atoms with Crippen molar-refractivity contribution in [2.45, 2.75) is 64.1 Å². The van der Waals surface area contributed by atoms with Crippen molar-refractivity contribution in [3.8, 4) is 0 Å². The van der Waals surface area contributed by atoms with Gasteiger partial charge in [0.1, 0.15) is 12.6 Å². The number of ether oxygens (including phenoxy) is 2. The molecule has 0 radical (unpaired) electrons. The molecule has 0 aliphatic carbocycles. The minimum Gasteiger partial charge on any atom is -0.376 e. The molecule has 0 saturated carbocycles. The van der Waals surface area contributed by atoms with Crippen LogP contribution in [0.15, 0.2) is 0 Å². The molecule has 0 aromatic carbocycles. The van der Waals surface area contributed by atoms with Gasteiger partial charge < -0.3 is 19.7 Å². The third kappa shape index (κ3) is 4.44. The van der Waals surface area contributed by atoms with Gasteiger partial charge in [0.2, 0.25) is 0 Å². The molecule has 0 spiro atoms. The molecule has 3 aliphatic rings. The standard InChI is InChI=1S/C18H34N2O2/c1-17(2)13-18(7-11-22-17,15-20-8-3-4-9-20)14-19-12-16-6-5-10-21-16/h16,19H,3-15H2,1-2H3/p+2/t16-,18-/m1/s1. The fourth-order valence-corrected chi connectivity index (χ4v) is 4.97. The van der Waals surface area contributed by atoms with Gasteiger partial charge in [-0.3, -0.25) is 0 Å². The summed E-state index contributed by atoms with van der Waals surface area (Å²) in [5.74, 6) is 0. The van der Waals surface area contributed by atoms with Crippen molar-refractivity contribution >= 4 is 0 Å². The van der Waals surface area contributed by atoms with E-state index < -0.39 is 0 Å². The lowest BCUT2D eigenvalue weighted by Crippen LogP contribution is -3.12. The summed E-state index contributed by atoms with van der Waals surface area (Å²) in [5, 5.41) is 2.55. The Morgan fingerprint density at radius 1 is 1.14 bits per heavy atom. The van der Waals surface area contributed by atoms with E-state index in [9.17, 15) is 0 Å². The quantitative estimate of drug-likeness (QED) is 0.724. The summed E-state index contributed by atoms with van der Waals surface area (Å²) in [6.45, 7) is 13.0. The highest BCUT2D eigenvalue weighted by Crippen LogP contribution is 2.37. The van der Waals surface area contributed by atoms with Crippen LogP contribution in [0.2, 0.25) is 0 Å². The number of hydrogen-bond donors (Lipinski definition) is 2. The average Bonchev–Trinajstić information content (AvgIpc) is 3.11. The highest BCUT2D eigenvalue weighted by molar-refractivity contribution is 4.89. The number of quaternary nitrogens is 2. The lowest BCUT2D eigenvalue weighted by atomic mass is 9.73. The molecular formula is C18H36N2O2+2. The molecule has 3 N–H and O–H groups in total. The second-order valence-electron chi connectivity index (χ2n) is 8.53. The Morgan fingerprint density at radius 2 is 1.95 bits per heavy atom. The van der Waals surface area contributed by atoms with Gasteiger partial charge in [-0.15, -0.1) is 0 Å². The van der Waals surface area contributed by atoms with Crippen LogP contribution < -0.4 is 10.2 Å². The zero-order chi connectivity index (χ0) is 15.5. The Hall–Kier alpha value is -0.160. The van der Waals surface area contributed by atoms with E-state index in [4.69, 9.17) is 9.47 Å². The van der Waals surface area contributed by atoms with Gasteiger partial charge >= 0.3 is 0 Å². The summed E-state index contributed by atoms with van der Waals surface area (Å²) in [6.07, 6.45) is 8.31. The molecule has 0 aromatic rings. The van der Waals surface area contributed by atoms with Crippen molar-refractivity contribution in [1.82, 2.24) is 0 Å². The van der Waals surface area contributed by atoms with E-state index >= 15 is 0 Å². The van der Waals surface area contributed by atoms with Gasteiger partial charge in [-0.2, -0.15) is 0 Å². The maximum Gasteiger partial charge on any atom is 0.106 e. The fraction of sp³-hybridized carbons (Fsp3) is 1.00. The van der Waals surface area contributed by atoms with Crippen LogP contribution in [0.25, 0.3) is 0 Å². The molecule has 0 bridgehead atoms. The second-order valence-corrected chi connectivity index (χ2v) is 8.53. The monoisotopic (exact) mass is 312 g/mol. The predicted octanol–water partition coefficient (Wildman–Crippen LogP) is -0.0171. The van der Waals surface area contributed by atoms with Gasteiger partial charge in [-0.1, -0.05) is 0 Å². The van der Waals surface area contributed by atoms with Crippen molar-refractivity contribution in [3.63, 3.8) is 0 Å². The van der Waals surface area contributed by atoms with Crippen molar-refractivity contribution < 1.29 is 19.7 Å². The zero-order valence-corrected chi connectivity index (χ0v) is 14.7. The molecule has 3 rings (SSSR count). The molecule has 128 valence electrons. The lowest BCUT2D eigenvalue weighted by Gasteiger charge is -2.44. The molecule has 4 nitrogen and oxygen atoms in total. The number of nitrogens with one attached hydrogen (secondary N) is 1. The Morgan fingerprint density at radius 3 is 2.64 bits per heavy atom. The summed E-state index contributed by atoms with van der Waals surface area (Å²) in [5.41, 5.74) is 0.509. The summed E-state index contributed by atoms with van der Waals surface area (Å²) in [7, 11) is 0. The SMILES string of the molecule is CC1(C)C[C@](C[NH2+]C[C@H]2CCCO2)(C[NH+]2CCCC2)CCO1. The summed E-state index contributed by atoms with van der Waals surface area (Å²) < 4.78 is 11.8. The minimum atomic E-state index is 0.0507. The van der Waals surface area contributed by atoms with Crippen LogP contribution in [-0.4, -0.2) is 57.6 Å². The smallest absolute Gasteiger partial charge is 0.106 e. The van der Waals surface area contributed by atoms with Gasteiger partial charge in [0.05, 0.1) is 37.2 Å². The van der Waals surface area contributed by atoms with E-state index in [1.807, 2.05) is 4.90 Å². The second kappa shape index (κ2) is 7.16. The zero-order valence-electron chi connectivity index (χ0n) is 14.7. The number of nitrogens with two attached hydrogens (primary N) is 1. The predicted molar refractivity (Wildman–Crippen MR) is 87.1 cm³/mol. The third-order valence-corrected chi connectivity index (χ3v) is 5.89. The highest BCUT2D eigenvalue weighted by Gasteiger charge is 2.45. The first-order valence-electron chi connectivity index (χ1n) is 9.48. The molecule has 2 atom stereocenters. The minimum absolute atomic E-state index is 0.0507. The van der Waals surface area contributed by atoms with Gasteiger partial charge in [0.15, 0.2) is 0 Å². The molecule has 0 unspecified atom stereocenters. The maximum atomic E-state index is 6.02. The van der Waals surface area contributed by atoms with Crippen LogP contribution >= 0.6 is 0 Å². The van der Waals surface area contributed by atoms with Crippen molar-refractivity contribution in [3.05, 3.63) is 0 Å². The van der Waals surface area contributed by atoms with E-state index in [2.05, 4.69) is 19.2 Å². The number of likely N-dealkylation sites (tertiary alicyclic amines) is 1. The van der Waals surface area contributed by atoms with Crippen LogP contribution in [0.1, 0.15) is 52.4 Å². The third-order valence-electron chi connectivity index (χ3n) is 5.89. The van der Waals surface area contributed by atoms with E-state index in [1.165, 1.54) is 64.7 Å². The molecule has 22 heavy (non-hydrogen) atoms. The Balaban J connectivity index is 1.57.